The van der Waals surface area contributed by atoms with Gasteiger partial charge < -0.3 is 9.88 Å². The molecule has 3 aromatic carbocycles. The van der Waals surface area contributed by atoms with E-state index in [0.717, 1.165) is 67.5 Å². The molecule has 0 aliphatic carbocycles. The van der Waals surface area contributed by atoms with Crippen LogP contribution in [0.5, 0.6) is 0 Å². The van der Waals surface area contributed by atoms with Crippen LogP contribution in [0.1, 0.15) is 48.8 Å². The lowest BCUT2D eigenvalue weighted by Crippen LogP contribution is -2.37. The van der Waals surface area contributed by atoms with Crippen LogP contribution in [0.3, 0.4) is 0 Å². The topological polar surface area (TPSA) is 41.0 Å². The van der Waals surface area contributed by atoms with Crippen LogP contribution in [0, 0.1) is 11.6 Å². The van der Waals surface area contributed by atoms with Crippen LogP contribution in [-0.4, -0.2) is 34.1 Å². The van der Waals surface area contributed by atoms with Crippen molar-refractivity contribution in [3.8, 4) is 0 Å². The highest BCUT2D eigenvalue weighted by atomic mass is 35.5. The Balaban J connectivity index is 1.21. The molecule has 4 aromatic rings. The van der Waals surface area contributed by atoms with E-state index in [9.17, 15) is 13.6 Å². The van der Waals surface area contributed by atoms with Gasteiger partial charge in [0.2, 0.25) is 0 Å². The number of rotatable bonds is 7. The number of piperidine rings is 1. The highest BCUT2D eigenvalue weighted by Gasteiger charge is 2.24. The lowest BCUT2D eigenvalue weighted by atomic mass is 9.87. The Morgan fingerprint density at radius 1 is 0.914 bits per heavy atom. The molecule has 35 heavy (non-hydrogen) atoms. The number of fused-ring (bicyclic) bond motifs is 1. The van der Waals surface area contributed by atoms with Crippen LogP contribution in [-0.2, 0) is 0 Å². The van der Waals surface area contributed by atoms with Crippen LogP contribution < -0.4 is 5.69 Å². The highest BCUT2D eigenvalue weighted by Crippen LogP contribution is 2.31. The van der Waals surface area contributed by atoms with Gasteiger partial charge in [0.05, 0.1) is 11.0 Å². The Hall–Kier alpha value is -2.96. The average Bonchev–Trinajstić information content (AvgIpc) is 3.18. The van der Waals surface area contributed by atoms with E-state index in [1.54, 1.807) is 6.07 Å². The zero-order valence-corrected chi connectivity index (χ0v) is 20.1. The molecule has 1 aliphatic rings. The molecular formula is C28H28ClF2N3O. The molecule has 4 nitrogen and oxygen atoms in total. The summed E-state index contributed by atoms with van der Waals surface area (Å²) >= 11 is 6.08. The molecule has 0 spiro atoms. The van der Waals surface area contributed by atoms with E-state index in [4.69, 9.17) is 11.6 Å². The first-order chi connectivity index (χ1) is 17.0. The summed E-state index contributed by atoms with van der Waals surface area (Å²) in [5.74, 6) is -0.427. The largest absolute Gasteiger partial charge is 0.326 e. The van der Waals surface area contributed by atoms with Crippen molar-refractivity contribution in [2.45, 2.75) is 37.6 Å². The van der Waals surface area contributed by atoms with E-state index in [0.29, 0.717) is 5.02 Å². The number of hydrogen-bond donors (Lipinski definition) is 1. The van der Waals surface area contributed by atoms with Crippen LogP contribution >= 0.6 is 11.6 Å². The van der Waals surface area contributed by atoms with Gasteiger partial charge in [-0.25, -0.2) is 13.6 Å². The molecule has 0 bridgehead atoms. The van der Waals surface area contributed by atoms with Crippen molar-refractivity contribution in [1.82, 2.24) is 14.5 Å². The molecule has 1 aliphatic heterocycles. The Morgan fingerprint density at radius 2 is 1.51 bits per heavy atom. The first-order valence-electron chi connectivity index (χ1n) is 12.1. The van der Waals surface area contributed by atoms with Crippen molar-refractivity contribution in [1.29, 1.82) is 0 Å². The number of H-pyrrole nitrogens is 1. The van der Waals surface area contributed by atoms with Gasteiger partial charge in [0, 0.05) is 30.1 Å². The third kappa shape index (κ3) is 5.34. The monoisotopic (exact) mass is 495 g/mol. The molecule has 1 aromatic heterocycles. The first kappa shape index (κ1) is 23.8. The maximum atomic E-state index is 13.5. The molecule has 0 atom stereocenters. The van der Waals surface area contributed by atoms with Crippen molar-refractivity contribution in [3.63, 3.8) is 0 Å². The van der Waals surface area contributed by atoms with E-state index in [1.807, 2.05) is 41.0 Å². The van der Waals surface area contributed by atoms with Crippen molar-refractivity contribution in [2.75, 3.05) is 19.6 Å². The summed E-state index contributed by atoms with van der Waals surface area (Å²) in [5, 5.41) is 0.611. The SMILES string of the molecule is O=c1[nH]c2cc(Cl)ccc2n1C1CCN(CCCC(c2ccc(F)cc2)c2ccc(F)cc2)CC1. The van der Waals surface area contributed by atoms with Gasteiger partial charge in [-0.05, 0) is 85.8 Å². The molecular weight excluding hydrogens is 468 g/mol. The summed E-state index contributed by atoms with van der Waals surface area (Å²) in [6, 6.07) is 18.9. The number of aromatic amines is 1. The molecule has 182 valence electrons. The van der Waals surface area contributed by atoms with Crippen molar-refractivity contribution >= 4 is 22.6 Å². The third-order valence-electron chi connectivity index (χ3n) is 7.11. The Labute approximate surface area is 208 Å². The maximum Gasteiger partial charge on any atom is 0.326 e. The molecule has 0 unspecified atom stereocenters. The summed E-state index contributed by atoms with van der Waals surface area (Å²) < 4.78 is 28.8. The van der Waals surface area contributed by atoms with Gasteiger partial charge in [0.25, 0.3) is 0 Å². The Kier molecular flexibility index (Phi) is 7.02. The molecule has 1 N–H and O–H groups in total. The van der Waals surface area contributed by atoms with Crippen LogP contribution in [0.15, 0.2) is 71.5 Å². The summed E-state index contributed by atoms with van der Waals surface area (Å²) in [6.45, 7) is 2.80. The van der Waals surface area contributed by atoms with Gasteiger partial charge in [-0.2, -0.15) is 0 Å². The van der Waals surface area contributed by atoms with E-state index in [1.165, 1.54) is 24.3 Å². The van der Waals surface area contributed by atoms with Crippen molar-refractivity contribution in [3.05, 3.63) is 105 Å². The second-order valence-corrected chi connectivity index (χ2v) is 9.77. The summed E-state index contributed by atoms with van der Waals surface area (Å²) in [6.07, 6.45) is 3.68. The number of nitrogens with one attached hydrogen (secondary N) is 1. The Morgan fingerprint density at radius 3 is 2.11 bits per heavy atom. The van der Waals surface area contributed by atoms with Gasteiger partial charge in [0.15, 0.2) is 0 Å². The summed E-state index contributed by atoms with van der Waals surface area (Å²) in [4.78, 5) is 18.0. The van der Waals surface area contributed by atoms with Crippen LogP contribution in [0.4, 0.5) is 8.78 Å². The number of imidazole rings is 1. The molecule has 7 heteroatoms. The molecule has 0 saturated carbocycles. The quantitative estimate of drug-likeness (QED) is 0.317. The zero-order chi connectivity index (χ0) is 24.4. The minimum absolute atomic E-state index is 0.0813. The minimum Gasteiger partial charge on any atom is -0.305 e. The lowest BCUT2D eigenvalue weighted by Gasteiger charge is -2.33. The van der Waals surface area contributed by atoms with Crippen molar-refractivity contribution in [2.24, 2.45) is 0 Å². The lowest BCUT2D eigenvalue weighted by molar-refractivity contribution is 0.183. The number of likely N-dealkylation sites (tertiary alicyclic amines) is 1. The highest BCUT2D eigenvalue weighted by molar-refractivity contribution is 6.31. The van der Waals surface area contributed by atoms with E-state index >= 15 is 0 Å². The average molecular weight is 496 g/mol. The molecule has 5 rings (SSSR count). The standard InChI is InChI=1S/C28H28ClF2N3O/c29-21-7-12-27-26(18-21)32-28(35)34(27)24-13-16-33(17-14-24)15-1-2-25(19-3-8-22(30)9-4-19)20-5-10-23(31)11-6-20/h3-12,18,24-25H,1-2,13-17H2,(H,32,35). The van der Waals surface area contributed by atoms with Gasteiger partial charge in [-0.1, -0.05) is 35.9 Å². The molecule has 1 saturated heterocycles. The van der Waals surface area contributed by atoms with E-state index in [-0.39, 0.29) is 29.3 Å². The number of aromatic nitrogens is 2. The number of benzene rings is 3. The van der Waals surface area contributed by atoms with E-state index < -0.39 is 0 Å². The van der Waals surface area contributed by atoms with E-state index in [2.05, 4.69) is 9.88 Å². The molecule has 0 amide bonds. The van der Waals surface area contributed by atoms with Gasteiger partial charge >= 0.3 is 5.69 Å². The fourth-order valence-corrected chi connectivity index (χ4v) is 5.47. The normalized spacial score (nSPS) is 15.3. The second-order valence-electron chi connectivity index (χ2n) is 9.33. The minimum atomic E-state index is -0.258. The maximum absolute atomic E-state index is 13.5. The second kappa shape index (κ2) is 10.3. The third-order valence-corrected chi connectivity index (χ3v) is 7.35. The number of nitrogens with zero attached hydrogens (tertiary/aromatic N) is 2. The number of halogens is 3. The van der Waals surface area contributed by atoms with Gasteiger partial charge in [-0.15, -0.1) is 0 Å². The zero-order valence-electron chi connectivity index (χ0n) is 19.4. The van der Waals surface area contributed by atoms with Crippen molar-refractivity contribution < 1.29 is 8.78 Å². The van der Waals surface area contributed by atoms with Gasteiger partial charge in [-0.3, -0.25) is 4.57 Å². The summed E-state index contributed by atoms with van der Waals surface area (Å²) in [5.41, 5.74) is 3.67. The Bertz CT molecular complexity index is 1290. The predicted molar refractivity (Wildman–Crippen MR) is 136 cm³/mol. The fourth-order valence-electron chi connectivity index (χ4n) is 5.30. The molecule has 1 fully saturated rings. The molecule has 0 radical (unpaired) electrons. The summed E-state index contributed by atoms with van der Waals surface area (Å²) in [7, 11) is 0. The van der Waals surface area contributed by atoms with Crippen LogP contribution in [0.25, 0.3) is 11.0 Å². The molecule has 2 heterocycles. The first-order valence-corrected chi connectivity index (χ1v) is 12.5. The fraction of sp³-hybridized carbons (Fsp3) is 0.321. The van der Waals surface area contributed by atoms with Crippen LogP contribution in [0.2, 0.25) is 5.02 Å². The van der Waals surface area contributed by atoms with Gasteiger partial charge in [0.1, 0.15) is 11.6 Å². The number of hydrogen-bond acceptors (Lipinski definition) is 2. The predicted octanol–water partition coefficient (Wildman–Crippen LogP) is 6.51. The smallest absolute Gasteiger partial charge is 0.305 e.